The number of morpholine rings is 1. The van der Waals surface area contributed by atoms with E-state index in [2.05, 4.69) is 5.32 Å². The van der Waals surface area contributed by atoms with Gasteiger partial charge in [-0.2, -0.15) is 0 Å². The maximum atomic E-state index is 12.2. The Morgan fingerprint density at radius 3 is 2.65 bits per heavy atom. The minimum atomic E-state index is -1.31. The van der Waals surface area contributed by atoms with Crippen molar-refractivity contribution in [3.63, 3.8) is 0 Å². The molecule has 1 aliphatic heterocycles. The molecular formula is C12H21N3O5. The number of hydrogen-bond donors (Lipinski definition) is 3. The van der Waals surface area contributed by atoms with Crippen LogP contribution in [0.5, 0.6) is 0 Å². The molecule has 0 aromatic carbocycles. The normalized spacial score (nSPS) is 24.0. The summed E-state index contributed by atoms with van der Waals surface area (Å²) in [5.41, 5.74) is 4.97. The fraction of sp³-hybridized carbons (Fsp3) is 0.750. The van der Waals surface area contributed by atoms with Gasteiger partial charge >= 0.3 is 12.0 Å². The first-order valence-electron chi connectivity index (χ1n) is 6.55. The Balaban J connectivity index is 2.70. The summed E-state index contributed by atoms with van der Waals surface area (Å²) >= 11 is 0. The second kappa shape index (κ2) is 7.09. The van der Waals surface area contributed by atoms with Gasteiger partial charge in [0.15, 0.2) is 0 Å². The van der Waals surface area contributed by atoms with Crippen molar-refractivity contribution in [1.29, 1.82) is 0 Å². The fourth-order valence-corrected chi connectivity index (χ4v) is 2.06. The molecule has 20 heavy (non-hydrogen) atoms. The number of carboxylic acid groups (broad SMARTS) is 1. The highest BCUT2D eigenvalue weighted by Crippen LogP contribution is 2.14. The molecule has 1 aliphatic rings. The molecule has 0 aliphatic carbocycles. The number of nitrogens with two attached hydrogens (primary N) is 1. The number of carboxylic acids is 1. The number of amides is 3. The van der Waals surface area contributed by atoms with Gasteiger partial charge in [0.2, 0.25) is 5.91 Å². The smallest absolute Gasteiger partial charge is 0.326 e. The molecule has 4 N–H and O–H groups in total. The quantitative estimate of drug-likeness (QED) is 0.630. The summed E-state index contributed by atoms with van der Waals surface area (Å²) in [6, 6.07) is -1.93. The topological polar surface area (TPSA) is 122 Å². The number of hydrogen-bond acceptors (Lipinski definition) is 4. The zero-order valence-corrected chi connectivity index (χ0v) is 11.7. The van der Waals surface area contributed by atoms with Gasteiger partial charge < -0.3 is 25.8 Å². The molecular weight excluding hydrogens is 266 g/mol. The number of aliphatic carboxylic acids is 1. The molecule has 1 fully saturated rings. The second-order valence-electron chi connectivity index (χ2n) is 4.87. The number of nitrogens with zero attached hydrogens (tertiary/aromatic N) is 1. The van der Waals surface area contributed by atoms with Gasteiger partial charge in [-0.25, -0.2) is 9.59 Å². The zero-order valence-electron chi connectivity index (χ0n) is 11.7. The van der Waals surface area contributed by atoms with E-state index in [0.717, 1.165) is 0 Å². The van der Waals surface area contributed by atoms with E-state index in [9.17, 15) is 14.4 Å². The predicted octanol–water partition coefficient (Wildman–Crippen LogP) is -0.476. The number of primary amides is 1. The van der Waals surface area contributed by atoms with E-state index in [1.54, 1.807) is 4.90 Å². The Morgan fingerprint density at radius 2 is 2.15 bits per heavy atom. The standard InChI is InChI=1S/C12H21N3O5/c1-3-8-6-20-7(2)5-15(8)12(19)14-9(11(17)18)4-10(13)16/h7-9H,3-6H2,1-2H3,(H2,13,16)(H,14,19)(H,17,18)/t7?,8?,9-/m0/s1. The van der Waals surface area contributed by atoms with Crippen LogP contribution in [-0.2, 0) is 14.3 Å². The second-order valence-corrected chi connectivity index (χ2v) is 4.87. The number of carbonyl (C=O) groups excluding carboxylic acids is 2. The van der Waals surface area contributed by atoms with Crippen molar-refractivity contribution in [2.24, 2.45) is 5.73 Å². The maximum absolute atomic E-state index is 12.2. The fourth-order valence-electron chi connectivity index (χ4n) is 2.06. The average Bonchev–Trinajstić information content (AvgIpc) is 2.37. The molecule has 8 nitrogen and oxygen atoms in total. The highest BCUT2D eigenvalue weighted by Gasteiger charge is 2.32. The summed E-state index contributed by atoms with van der Waals surface area (Å²) in [6.07, 6.45) is 0.161. The third-order valence-electron chi connectivity index (χ3n) is 3.20. The molecule has 0 bridgehead atoms. The molecule has 0 spiro atoms. The maximum Gasteiger partial charge on any atom is 0.326 e. The van der Waals surface area contributed by atoms with Gasteiger partial charge in [-0.15, -0.1) is 0 Å². The van der Waals surface area contributed by atoms with Gasteiger partial charge in [0.25, 0.3) is 0 Å². The first kappa shape index (κ1) is 16.2. The third kappa shape index (κ3) is 4.37. The summed E-state index contributed by atoms with van der Waals surface area (Å²) in [7, 11) is 0. The van der Waals surface area contributed by atoms with Crippen LogP contribution in [0.2, 0.25) is 0 Å². The molecule has 1 saturated heterocycles. The van der Waals surface area contributed by atoms with Gasteiger partial charge in [0.05, 0.1) is 25.2 Å². The number of ether oxygens (including phenoxy) is 1. The van der Waals surface area contributed by atoms with Crippen LogP contribution in [0.25, 0.3) is 0 Å². The van der Waals surface area contributed by atoms with Crippen molar-refractivity contribution < 1.29 is 24.2 Å². The Kier molecular flexibility index (Phi) is 5.75. The van der Waals surface area contributed by atoms with Gasteiger partial charge in [0, 0.05) is 6.54 Å². The number of urea groups is 1. The molecule has 0 saturated carbocycles. The molecule has 3 atom stereocenters. The van der Waals surface area contributed by atoms with Crippen LogP contribution in [0.4, 0.5) is 4.79 Å². The van der Waals surface area contributed by atoms with Crippen molar-refractivity contribution in [2.45, 2.75) is 44.9 Å². The first-order valence-corrected chi connectivity index (χ1v) is 6.55. The zero-order chi connectivity index (χ0) is 15.3. The van der Waals surface area contributed by atoms with Crippen LogP contribution in [0, 0.1) is 0 Å². The van der Waals surface area contributed by atoms with E-state index < -0.39 is 30.4 Å². The van der Waals surface area contributed by atoms with Crippen molar-refractivity contribution in [2.75, 3.05) is 13.2 Å². The monoisotopic (exact) mass is 287 g/mol. The van der Waals surface area contributed by atoms with Gasteiger partial charge in [0.1, 0.15) is 6.04 Å². The minimum absolute atomic E-state index is 0.103. The summed E-state index contributed by atoms with van der Waals surface area (Å²) in [5.74, 6) is -2.06. The lowest BCUT2D eigenvalue weighted by Crippen LogP contribution is -2.57. The number of nitrogens with one attached hydrogen (secondary N) is 1. The first-order chi connectivity index (χ1) is 9.35. The molecule has 3 amide bonds. The summed E-state index contributed by atoms with van der Waals surface area (Å²) in [6.45, 7) is 4.55. The van der Waals surface area contributed by atoms with Crippen LogP contribution in [-0.4, -0.2) is 59.3 Å². The van der Waals surface area contributed by atoms with Gasteiger partial charge in [-0.05, 0) is 13.3 Å². The molecule has 0 aromatic rings. The SMILES string of the molecule is CCC1COC(C)CN1C(=O)N[C@@H](CC(N)=O)C(=O)O. The Hall–Kier alpha value is -1.83. The van der Waals surface area contributed by atoms with Crippen molar-refractivity contribution in [1.82, 2.24) is 10.2 Å². The van der Waals surface area contributed by atoms with E-state index in [1.807, 2.05) is 13.8 Å². The van der Waals surface area contributed by atoms with E-state index in [0.29, 0.717) is 19.6 Å². The Labute approximate surface area is 117 Å². The molecule has 1 heterocycles. The summed E-state index contributed by atoms with van der Waals surface area (Å²) < 4.78 is 5.47. The van der Waals surface area contributed by atoms with Crippen molar-refractivity contribution in [3.8, 4) is 0 Å². The van der Waals surface area contributed by atoms with Crippen LogP contribution in [0.1, 0.15) is 26.7 Å². The Morgan fingerprint density at radius 1 is 1.50 bits per heavy atom. The van der Waals surface area contributed by atoms with E-state index in [-0.39, 0.29) is 12.1 Å². The number of carbonyl (C=O) groups is 3. The molecule has 2 unspecified atom stereocenters. The molecule has 114 valence electrons. The lowest BCUT2D eigenvalue weighted by Gasteiger charge is -2.38. The third-order valence-corrected chi connectivity index (χ3v) is 3.20. The molecule has 0 radical (unpaired) electrons. The van der Waals surface area contributed by atoms with Crippen molar-refractivity contribution in [3.05, 3.63) is 0 Å². The lowest BCUT2D eigenvalue weighted by molar-refractivity contribution is -0.141. The highest BCUT2D eigenvalue weighted by molar-refractivity contribution is 5.87. The van der Waals surface area contributed by atoms with Crippen LogP contribution >= 0.6 is 0 Å². The number of rotatable bonds is 5. The van der Waals surface area contributed by atoms with E-state index in [4.69, 9.17) is 15.6 Å². The Bertz CT molecular complexity index is 387. The van der Waals surface area contributed by atoms with Gasteiger partial charge in [-0.1, -0.05) is 6.92 Å². The van der Waals surface area contributed by atoms with Crippen LogP contribution in [0.3, 0.4) is 0 Å². The predicted molar refractivity (Wildman–Crippen MR) is 70.0 cm³/mol. The van der Waals surface area contributed by atoms with Crippen LogP contribution in [0.15, 0.2) is 0 Å². The highest BCUT2D eigenvalue weighted by atomic mass is 16.5. The summed E-state index contributed by atoms with van der Waals surface area (Å²) in [4.78, 5) is 35.5. The van der Waals surface area contributed by atoms with Crippen LogP contribution < -0.4 is 11.1 Å². The largest absolute Gasteiger partial charge is 0.480 e. The van der Waals surface area contributed by atoms with E-state index in [1.165, 1.54) is 0 Å². The molecule has 1 rings (SSSR count). The van der Waals surface area contributed by atoms with Crippen molar-refractivity contribution >= 4 is 17.9 Å². The summed E-state index contributed by atoms with van der Waals surface area (Å²) in [5, 5.41) is 11.3. The van der Waals surface area contributed by atoms with E-state index >= 15 is 0 Å². The molecule has 0 aromatic heterocycles. The minimum Gasteiger partial charge on any atom is -0.480 e. The average molecular weight is 287 g/mol. The lowest BCUT2D eigenvalue weighted by atomic mass is 10.1. The van der Waals surface area contributed by atoms with Gasteiger partial charge in [-0.3, -0.25) is 4.79 Å². The molecule has 8 heteroatoms.